The number of carbonyl (C=O) groups is 9. The Morgan fingerprint density at radius 1 is 0.777 bits per heavy atom. The van der Waals surface area contributed by atoms with Crippen LogP contribution in [0.5, 0.6) is 0 Å². The number of rotatable bonds is 7. The molecule has 103 heavy (non-hydrogen) atoms. The number of pyridine rings is 1. The molecule has 0 radical (unpaired) electrons. The second-order valence-corrected chi connectivity index (χ2v) is 31.0. The summed E-state index contributed by atoms with van der Waals surface area (Å²) in [6, 6.07) is -11.1. The van der Waals surface area contributed by atoms with Crippen LogP contribution in [-0.2, 0) is 39.0 Å². The number of hydrogen-bond acceptors (Lipinski definition) is 29. The van der Waals surface area contributed by atoms with E-state index < -0.39 is 167 Å². The van der Waals surface area contributed by atoms with Crippen LogP contribution in [0.25, 0.3) is 6.08 Å². The molecule has 1 saturated heterocycles. The van der Waals surface area contributed by atoms with Gasteiger partial charge in [-0.15, -0.1) is 57.1 Å². The van der Waals surface area contributed by atoms with Gasteiger partial charge in [0.25, 0.3) is 17.7 Å². The van der Waals surface area contributed by atoms with Gasteiger partial charge in [0, 0.05) is 32.8 Å². The van der Waals surface area contributed by atoms with E-state index >= 15 is 4.79 Å². The first kappa shape index (κ1) is 77.4. The number of aliphatic hydroxyl groups is 5. The number of nitrogens with one attached hydrogen (secondary N) is 10. The number of thioether (sulfide) groups is 1. The Bertz CT molecular complexity index is 4300. The van der Waals surface area contributed by atoms with Gasteiger partial charge in [-0.25, -0.2) is 29.7 Å². The number of aliphatic hydroxyl groups excluding tert-OH is 4. The van der Waals surface area contributed by atoms with E-state index in [-0.39, 0.29) is 94.6 Å². The Morgan fingerprint density at radius 2 is 1.48 bits per heavy atom. The zero-order valence-corrected chi connectivity index (χ0v) is 62.1. The van der Waals surface area contributed by atoms with Crippen LogP contribution in [0.2, 0.25) is 0 Å². The molecule has 13 bridgehead atoms. The van der Waals surface area contributed by atoms with E-state index in [2.05, 4.69) is 74.7 Å². The summed E-state index contributed by atoms with van der Waals surface area (Å²) in [7, 11) is 0. The van der Waals surface area contributed by atoms with Crippen LogP contribution in [0.15, 0.2) is 62.7 Å². The molecule has 4 aliphatic heterocycles. The second kappa shape index (κ2) is 31.6. The molecular formula is C65H79N17O15S6. The number of thiazole rings is 4. The van der Waals surface area contributed by atoms with Gasteiger partial charge in [-0.3, -0.25) is 54.0 Å². The third kappa shape index (κ3) is 16.5. The molecule has 17 N–H and O–H groups in total. The first-order chi connectivity index (χ1) is 48.6. The molecule has 5 aromatic heterocycles. The van der Waals surface area contributed by atoms with Crippen molar-refractivity contribution >= 4 is 139 Å². The van der Waals surface area contributed by atoms with Gasteiger partial charge in [0.05, 0.1) is 65.3 Å². The Balaban J connectivity index is 1.16. The maximum atomic E-state index is 15.2. The SMILES string of the molecule is C=C1NC(=O)C(C)NC(=O)C(C(C)C)NC2C=Cc3c(C(C)O)cc(nc3C2O)C(=O)OC(C)C2NC(=S)c3csc(n3)C(C(C)(O)C(C)O)NC(=O)C3CSC(=N3)C(=CC)NC(=O)C(C(C)O)NC(=O)c3csc(n3)C3(CCC(c4nc(C(N)=O)cs4)NC3c3csc2n3)NC(=O)C(C)NC1=O. The maximum absolute atomic E-state index is 15.2. The molecule has 0 saturated carbocycles. The number of carbonyl (C=O) groups excluding carboxylic acids is 9. The number of nitrogens with two attached hydrogens (primary N) is 1. The van der Waals surface area contributed by atoms with E-state index in [1.165, 1.54) is 76.7 Å². The van der Waals surface area contributed by atoms with Crippen molar-refractivity contribution in [3.8, 4) is 0 Å². The molecule has 1 fully saturated rings. The quantitative estimate of drug-likeness (QED) is 0.0623. The third-order valence-corrected chi connectivity index (χ3v) is 23.4. The van der Waals surface area contributed by atoms with Crippen LogP contribution in [0.3, 0.4) is 0 Å². The van der Waals surface area contributed by atoms with Crippen LogP contribution >= 0.6 is 69.3 Å². The number of aromatic nitrogens is 5. The fourth-order valence-electron chi connectivity index (χ4n) is 11.9. The molecule has 5 aromatic rings. The number of esters is 1. The van der Waals surface area contributed by atoms with Gasteiger partial charge in [-0.2, -0.15) is 0 Å². The van der Waals surface area contributed by atoms with Crippen molar-refractivity contribution in [1.82, 2.24) is 78.1 Å². The fourth-order valence-corrected chi connectivity index (χ4v) is 17.2. The summed E-state index contributed by atoms with van der Waals surface area (Å²) in [4.78, 5) is 157. The predicted octanol–water partition coefficient (Wildman–Crippen LogP) is 1.50. The molecule has 10 rings (SSSR count). The molecule has 9 heterocycles. The van der Waals surface area contributed by atoms with Crippen LogP contribution in [-0.4, -0.2) is 180 Å². The first-order valence-corrected chi connectivity index (χ1v) is 37.6. The number of primary amides is 1. The van der Waals surface area contributed by atoms with Crippen LogP contribution in [0.4, 0.5) is 0 Å². The van der Waals surface area contributed by atoms with E-state index in [1.807, 2.05) is 0 Å². The molecule has 1 aliphatic carbocycles. The Hall–Kier alpha value is -8.25. The van der Waals surface area contributed by atoms with Crippen molar-refractivity contribution < 1.29 is 73.4 Å². The smallest absolute Gasteiger partial charge is 0.357 e. The van der Waals surface area contributed by atoms with E-state index in [1.54, 1.807) is 38.3 Å². The normalized spacial score (nSPS) is 29.2. The van der Waals surface area contributed by atoms with Crippen molar-refractivity contribution in [2.75, 3.05) is 5.75 Å². The lowest BCUT2D eigenvalue weighted by Crippen LogP contribution is -2.61. The van der Waals surface area contributed by atoms with E-state index in [0.29, 0.717) is 5.01 Å². The number of thiocarbonyl (C=S) groups is 1. The number of aliphatic imine (C=N–C) groups is 1. The van der Waals surface area contributed by atoms with Crippen molar-refractivity contribution in [3.05, 3.63) is 123 Å². The van der Waals surface area contributed by atoms with E-state index in [4.69, 9.17) is 37.6 Å². The van der Waals surface area contributed by atoms with Crippen LogP contribution < -0.4 is 58.9 Å². The highest BCUT2D eigenvalue weighted by Crippen LogP contribution is 2.48. The van der Waals surface area contributed by atoms with Gasteiger partial charge < -0.3 is 78.5 Å². The number of amides is 8. The minimum absolute atomic E-state index is 0.0413. The molecule has 0 spiro atoms. The van der Waals surface area contributed by atoms with Crippen molar-refractivity contribution in [1.29, 1.82) is 0 Å². The number of allylic oxidation sites excluding steroid dienone is 1. The predicted molar refractivity (Wildman–Crippen MR) is 386 cm³/mol. The Labute approximate surface area is 615 Å². The summed E-state index contributed by atoms with van der Waals surface area (Å²) in [5, 5.41) is 93.4. The lowest BCUT2D eigenvalue weighted by atomic mass is 9.78. The molecule has 550 valence electrons. The summed E-state index contributed by atoms with van der Waals surface area (Å²) in [5.41, 5.74) is 1.28. The highest BCUT2D eigenvalue weighted by atomic mass is 32.2. The third-order valence-electron chi connectivity index (χ3n) is 18.1. The second-order valence-electron chi connectivity index (χ2n) is 26.0. The lowest BCUT2D eigenvalue weighted by molar-refractivity contribution is -0.131. The average molecular weight is 1530 g/mol. The number of hydrogen-bond donors (Lipinski definition) is 16. The highest BCUT2D eigenvalue weighted by molar-refractivity contribution is 8.14. The van der Waals surface area contributed by atoms with Gasteiger partial charge in [-0.1, -0.05) is 50.9 Å². The summed E-state index contributed by atoms with van der Waals surface area (Å²) in [6.45, 7) is 18.4. The average Bonchev–Trinajstić information content (AvgIpc) is 1.71. The Morgan fingerprint density at radius 3 is 2.15 bits per heavy atom. The topological polar surface area (TPSA) is 487 Å². The summed E-state index contributed by atoms with van der Waals surface area (Å²) in [6.07, 6.45) is -2.50. The van der Waals surface area contributed by atoms with Gasteiger partial charge in [0.1, 0.15) is 112 Å². The summed E-state index contributed by atoms with van der Waals surface area (Å²) in [5.74, 6) is -8.30. The molecular weight excluding hydrogens is 1450 g/mol. The standard InChI is InChI=1S/C65H79N17O15S6/c1-12-33-58-76-39(20-100-58)54(92)81-48(64(11,96)30(10)85)61-77-41(22-102-61)57(98)80-44-29(9)97-62(95)36-17-32(27(7)83)31-13-14-34(46(86)45(31)71-36)70-42(23(2)3)55(93)69-25(5)51(89)67-24(4)50(88)68-26(6)52(90)82-65(63-78-40(21-103-63)53(91)79-43(28(8)84)56(94)73-33)16-15-35(59-75-38(19-99-59)49(66)87)72-47(65)37-18-101-60(44)74-37/h12-14,17-19,21-23,25-30,34-35,39,42-44,46-48,70,72,83-86,96H,4,15-16,20H2,1-3,5-11H3,(H2,66,87)(H,67,89)(H,68,88)(H,69,93)(H,73,94)(H,79,91)(H,80,98)(H,81,92)(H,82,90). The fraction of sp³-hybridized carbons (Fsp3) is 0.477. The lowest BCUT2D eigenvalue weighted by Gasteiger charge is -2.46. The highest BCUT2D eigenvalue weighted by Gasteiger charge is 2.52. The van der Waals surface area contributed by atoms with Crippen LogP contribution in [0, 0.1) is 5.92 Å². The van der Waals surface area contributed by atoms with E-state index in [9.17, 15) is 63.9 Å². The first-order valence-electron chi connectivity index (χ1n) is 32.7. The number of fused-ring (bicyclic) bond motifs is 7. The number of ether oxygens (including phenoxy) is 1. The summed E-state index contributed by atoms with van der Waals surface area (Å²) < 4.78 is 6.33. The molecule has 0 aromatic carbocycles. The van der Waals surface area contributed by atoms with Crippen molar-refractivity contribution in [2.24, 2.45) is 16.6 Å². The zero-order chi connectivity index (χ0) is 75.0. The minimum Gasteiger partial charge on any atom is -0.455 e. The van der Waals surface area contributed by atoms with Gasteiger partial charge >= 0.3 is 5.97 Å². The molecule has 8 amide bonds. The monoisotopic (exact) mass is 1530 g/mol. The number of cyclic esters (lactones) is 1. The van der Waals surface area contributed by atoms with E-state index in [0.717, 1.165) is 57.1 Å². The van der Waals surface area contributed by atoms with Gasteiger partial charge in [-0.05, 0) is 85.8 Å². The summed E-state index contributed by atoms with van der Waals surface area (Å²) >= 11 is 11.3. The van der Waals surface area contributed by atoms with Crippen molar-refractivity contribution in [3.63, 3.8) is 0 Å². The zero-order valence-electron chi connectivity index (χ0n) is 57.2. The number of piperidine rings is 1. The number of nitrogens with zero attached hydrogens (tertiary/aromatic N) is 6. The minimum atomic E-state index is -2.10. The Kier molecular flexibility index (Phi) is 23.7. The van der Waals surface area contributed by atoms with Crippen molar-refractivity contribution in [2.45, 2.75) is 184 Å². The van der Waals surface area contributed by atoms with Gasteiger partial charge in [0.2, 0.25) is 29.5 Å². The molecule has 32 nitrogen and oxygen atoms in total. The maximum Gasteiger partial charge on any atom is 0.357 e. The van der Waals surface area contributed by atoms with Gasteiger partial charge in [0.15, 0.2) is 0 Å². The molecule has 38 heteroatoms. The largest absolute Gasteiger partial charge is 0.455 e. The molecule has 17 atom stereocenters. The van der Waals surface area contributed by atoms with Crippen LogP contribution in [0.1, 0.15) is 198 Å². The molecule has 17 unspecified atom stereocenters. The molecule has 5 aliphatic rings.